The number of benzene rings is 3. The van der Waals surface area contributed by atoms with Crippen molar-refractivity contribution in [2.45, 2.75) is 31.8 Å². The summed E-state index contributed by atoms with van der Waals surface area (Å²) in [5, 5.41) is 11.0. The zero-order valence-corrected chi connectivity index (χ0v) is 26.0. The molecule has 12 heteroatoms. The number of aryl methyl sites for hydroxylation is 1. The zero-order chi connectivity index (χ0) is 32.9. The van der Waals surface area contributed by atoms with Crippen LogP contribution in [0, 0.1) is 6.92 Å². The molecule has 2 atom stereocenters. The molecule has 0 spiro atoms. The number of methoxy groups -OCH3 is 1. The van der Waals surface area contributed by atoms with Crippen LogP contribution in [0.25, 0.3) is 0 Å². The molecule has 236 valence electrons. The van der Waals surface area contributed by atoms with E-state index < -0.39 is 35.8 Å². The number of ether oxygens (including phenoxy) is 1. The Morgan fingerprint density at radius 1 is 0.804 bits per heavy atom. The minimum absolute atomic E-state index is 0.0849. The van der Waals surface area contributed by atoms with Gasteiger partial charge in [-0.3, -0.25) is 14.4 Å². The van der Waals surface area contributed by atoms with Gasteiger partial charge >= 0.3 is 5.97 Å². The fourth-order valence-corrected chi connectivity index (χ4v) is 4.66. The Balaban J connectivity index is 1.61. The molecule has 3 aromatic carbocycles. The van der Waals surface area contributed by atoms with Crippen molar-refractivity contribution in [2.75, 3.05) is 12.4 Å². The number of halogens is 1. The summed E-state index contributed by atoms with van der Waals surface area (Å²) in [7, 11) is 1.24. The van der Waals surface area contributed by atoms with E-state index >= 15 is 0 Å². The molecule has 11 nitrogen and oxygen atoms in total. The maximum absolute atomic E-state index is 13.8. The molecule has 0 aliphatic heterocycles. The number of hydrogen-bond donors (Lipinski definition) is 4. The van der Waals surface area contributed by atoms with Crippen molar-refractivity contribution in [3.05, 3.63) is 136 Å². The fourth-order valence-electron chi connectivity index (χ4n) is 4.43. The van der Waals surface area contributed by atoms with Gasteiger partial charge in [0.25, 0.3) is 11.8 Å². The van der Waals surface area contributed by atoms with Gasteiger partial charge < -0.3 is 26.0 Å². The third-order valence-electron chi connectivity index (χ3n) is 6.69. The first-order valence-corrected chi connectivity index (χ1v) is 14.7. The summed E-state index contributed by atoms with van der Waals surface area (Å²) in [5.41, 5.74) is 2.21. The summed E-state index contributed by atoms with van der Waals surface area (Å²) in [6.45, 7) is 1.72. The normalized spacial score (nSPS) is 12.3. The largest absolute Gasteiger partial charge is 0.467 e. The van der Waals surface area contributed by atoms with E-state index in [1.807, 2.05) is 48.5 Å². The molecule has 0 aliphatic carbocycles. The van der Waals surface area contributed by atoms with Crippen LogP contribution < -0.4 is 21.3 Å². The summed E-state index contributed by atoms with van der Waals surface area (Å²) in [6, 6.07) is 25.9. The first kappa shape index (κ1) is 33.3. The van der Waals surface area contributed by atoms with Crippen molar-refractivity contribution in [1.82, 2.24) is 25.9 Å². The van der Waals surface area contributed by atoms with E-state index in [1.165, 1.54) is 13.3 Å². The summed E-state index contributed by atoms with van der Waals surface area (Å²) in [5.74, 6) is -2.53. The van der Waals surface area contributed by atoms with E-state index in [9.17, 15) is 19.2 Å². The number of hydrogen-bond acceptors (Lipinski definition) is 8. The lowest BCUT2D eigenvalue weighted by Gasteiger charge is -2.23. The maximum Gasteiger partial charge on any atom is 0.328 e. The van der Waals surface area contributed by atoms with Gasteiger partial charge in [0, 0.05) is 30.3 Å². The highest BCUT2D eigenvalue weighted by Gasteiger charge is 2.29. The maximum atomic E-state index is 13.8. The molecule has 4 aromatic rings. The molecule has 3 amide bonds. The Morgan fingerprint density at radius 3 is 1.93 bits per heavy atom. The Bertz CT molecular complexity index is 1670. The molecule has 4 N–H and O–H groups in total. The molecular weight excluding hydrogens is 608 g/mol. The predicted molar refractivity (Wildman–Crippen MR) is 174 cm³/mol. The fraction of sp³-hybridized carbons (Fsp3) is 0.176. The number of esters is 1. The van der Waals surface area contributed by atoms with Crippen LogP contribution in [0.5, 0.6) is 0 Å². The molecule has 0 unspecified atom stereocenters. The van der Waals surface area contributed by atoms with Crippen LogP contribution in [-0.4, -0.2) is 52.9 Å². The highest BCUT2D eigenvalue weighted by molar-refractivity contribution is 6.29. The number of nitrogens with one attached hydrogen (secondary N) is 4. The number of carbonyl (C=O) groups is 4. The number of amides is 3. The van der Waals surface area contributed by atoms with Crippen LogP contribution >= 0.6 is 11.6 Å². The molecule has 1 heterocycles. The van der Waals surface area contributed by atoms with Crippen LogP contribution in [0.4, 0.5) is 5.95 Å². The number of anilines is 1. The van der Waals surface area contributed by atoms with Gasteiger partial charge in [-0.1, -0.05) is 90.5 Å². The second-order valence-electron chi connectivity index (χ2n) is 10.2. The van der Waals surface area contributed by atoms with E-state index in [0.29, 0.717) is 11.3 Å². The van der Waals surface area contributed by atoms with Crippen molar-refractivity contribution >= 4 is 41.2 Å². The van der Waals surface area contributed by atoms with Crippen molar-refractivity contribution in [2.24, 2.45) is 0 Å². The van der Waals surface area contributed by atoms with E-state index in [4.69, 9.17) is 16.3 Å². The van der Waals surface area contributed by atoms with Crippen molar-refractivity contribution in [3.8, 4) is 0 Å². The average Bonchev–Trinajstić information content (AvgIpc) is 3.06. The molecule has 1 aromatic heterocycles. The molecule has 0 radical (unpaired) electrons. The third-order valence-corrected chi connectivity index (χ3v) is 6.88. The van der Waals surface area contributed by atoms with E-state index in [0.717, 1.165) is 11.1 Å². The summed E-state index contributed by atoms with van der Waals surface area (Å²) in [4.78, 5) is 61.6. The predicted octanol–water partition coefficient (Wildman–Crippen LogP) is 3.75. The summed E-state index contributed by atoms with van der Waals surface area (Å²) < 4.78 is 4.95. The summed E-state index contributed by atoms with van der Waals surface area (Å²) >= 11 is 6.06. The van der Waals surface area contributed by atoms with Gasteiger partial charge in [0.05, 0.1) is 7.11 Å². The topological polar surface area (TPSA) is 151 Å². The second kappa shape index (κ2) is 16.5. The van der Waals surface area contributed by atoms with E-state index in [1.54, 1.807) is 55.5 Å². The van der Waals surface area contributed by atoms with E-state index in [2.05, 4.69) is 31.2 Å². The zero-order valence-electron chi connectivity index (χ0n) is 25.2. The van der Waals surface area contributed by atoms with Crippen molar-refractivity contribution < 1.29 is 23.9 Å². The Morgan fingerprint density at radius 2 is 1.37 bits per heavy atom. The molecule has 0 saturated heterocycles. The van der Waals surface area contributed by atoms with Crippen LogP contribution in [0.15, 0.2) is 109 Å². The first-order valence-electron chi connectivity index (χ1n) is 14.3. The second-order valence-corrected chi connectivity index (χ2v) is 10.6. The van der Waals surface area contributed by atoms with Gasteiger partial charge in [-0.05, 0) is 36.2 Å². The van der Waals surface area contributed by atoms with Gasteiger partial charge in [-0.25, -0.2) is 14.8 Å². The SMILES string of the molecule is COC(=O)[C@H](Cc1ccccc1)NC(=O)[C@H](Cc1ccccc1)NC(=O)/C(=C\Nc1nc(C)cc(Cl)n1)NC(=O)c1ccccc1. The molecule has 4 rings (SSSR count). The van der Waals surface area contributed by atoms with Gasteiger partial charge in [0.1, 0.15) is 22.9 Å². The molecule has 46 heavy (non-hydrogen) atoms. The average molecular weight is 641 g/mol. The number of carbonyl (C=O) groups excluding carboxylic acids is 4. The summed E-state index contributed by atoms with van der Waals surface area (Å²) in [6.07, 6.45) is 1.47. The molecule has 0 bridgehead atoms. The van der Waals surface area contributed by atoms with Gasteiger partial charge in [-0.15, -0.1) is 0 Å². The molecule has 0 fully saturated rings. The number of nitrogens with zero attached hydrogens (tertiary/aromatic N) is 2. The number of rotatable bonds is 13. The third kappa shape index (κ3) is 10.00. The van der Waals surface area contributed by atoms with Gasteiger partial charge in [-0.2, -0.15) is 0 Å². The molecule has 0 aliphatic rings. The van der Waals surface area contributed by atoms with Crippen LogP contribution in [-0.2, 0) is 32.0 Å². The van der Waals surface area contributed by atoms with Gasteiger partial charge in [0.15, 0.2) is 0 Å². The Hall–Kier alpha value is -5.55. The van der Waals surface area contributed by atoms with Crippen LogP contribution in [0.2, 0.25) is 5.15 Å². The number of aromatic nitrogens is 2. The minimum atomic E-state index is -1.15. The highest BCUT2D eigenvalue weighted by Crippen LogP contribution is 2.12. The molecule has 0 saturated carbocycles. The van der Waals surface area contributed by atoms with E-state index in [-0.39, 0.29) is 29.6 Å². The lowest BCUT2D eigenvalue weighted by Crippen LogP contribution is -2.54. The minimum Gasteiger partial charge on any atom is -0.467 e. The van der Waals surface area contributed by atoms with Crippen LogP contribution in [0.1, 0.15) is 27.2 Å². The van der Waals surface area contributed by atoms with Crippen LogP contribution in [0.3, 0.4) is 0 Å². The standard InChI is InChI=1S/C34H33ClN6O5/c1-22-18-29(35)41-34(37-22)36-21-28(40-30(42)25-16-10-5-11-17-25)32(44)38-26(19-23-12-6-3-7-13-23)31(43)39-27(33(45)46-2)20-24-14-8-4-9-15-24/h3-18,21,26-27H,19-20H2,1-2H3,(H,38,44)(H,39,43)(H,40,42)(H,36,37,41)/b28-21+/t26-,27-/m0/s1. The van der Waals surface area contributed by atoms with Gasteiger partial charge in [0.2, 0.25) is 11.9 Å². The lowest BCUT2D eigenvalue weighted by molar-refractivity contribution is -0.145. The molecular formula is C34H33ClN6O5. The van der Waals surface area contributed by atoms with Crippen molar-refractivity contribution in [1.29, 1.82) is 0 Å². The lowest BCUT2D eigenvalue weighted by atomic mass is 10.0. The highest BCUT2D eigenvalue weighted by atomic mass is 35.5. The Kier molecular flexibility index (Phi) is 12.0. The monoisotopic (exact) mass is 640 g/mol. The smallest absolute Gasteiger partial charge is 0.328 e. The first-order chi connectivity index (χ1) is 22.2. The van der Waals surface area contributed by atoms with Crippen molar-refractivity contribution in [3.63, 3.8) is 0 Å². The quantitative estimate of drug-likeness (QED) is 0.0980. The Labute approximate surface area is 271 Å².